The molecule has 5 N–H and O–H groups in total. The Hall–Kier alpha value is -5.39. The van der Waals surface area contributed by atoms with Gasteiger partial charge in [0.05, 0.1) is 26.7 Å². The molecule has 3 aromatic carbocycles. The predicted molar refractivity (Wildman–Crippen MR) is 157 cm³/mol. The first kappa shape index (κ1) is 30.6. The van der Waals surface area contributed by atoms with Crippen LogP contribution in [0.25, 0.3) is 0 Å². The van der Waals surface area contributed by atoms with Crippen molar-refractivity contribution in [3.63, 3.8) is 0 Å². The highest BCUT2D eigenvalue weighted by Gasteiger charge is 2.46. The third kappa shape index (κ3) is 7.10. The van der Waals surface area contributed by atoms with Crippen molar-refractivity contribution in [2.45, 2.75) is 24.9 Å². The van der Waals surface area contributed by atoms with Crippen LogP contribution >= 0.6 is 0 Å². The van der Waals surface area contributed by atoms with Crippen LogP contribution in [0.15, 0.2) is 72.8 Å². The van der Waals surface area contributed by atoms with E-state index in [1.54, 1.807) is 42.5 Å². The van der Waals surface area contributed by atoms with Gasteiger partial charge in [0, 0.05) is 12.1 Å². The largest absolute Gasteiger partial charge is 0.493 e. The number of amides is 4. The van der Waals surface area contributed by atoms with E-state index in [0.717, 1.165) is 10.5 Å². The van der Waals surface area contributed by atoms with Crippen LogP contribution in [0.3, 0.4) is 0 Å². The van der Waals surface area contributed by atoms with Gasteiger partial charge in [-0.15, -0.1) is 0 Å². The summed E-state index contributed by atoms with van der Waals surface area (Å²) in [5.41, 5.74) is 7.96. The van der Waals surface area contributed by atoms with Crippen LogP contribution in [-0.2, 0) is 20.8 Å². The molecule has 0 aromatic heterocycles. The minimum Gasteiger partial charge on any atom is -0.493 e. The molecule has 43 heavy (non-hydrogen) atoms. The number of nitrogens with two attached hydrogens (primary N) is 1. The maximum Gasteiger partial charge on any atom is 0.328 e. The molecule has 3 aromatic rings. The first-order chi connectivity index (χ1) is 20.6. The van der Waals surface area contributed by atoms with E-state index in [0.29, 0.717) is 34.6 Å². The van der Waals surface area contributed by atoms with Gasteiger partial charge in [-0.05, 0) is 35.2 Å². The van der Waals surface area contributed by atoms with Crippen LogP contribution in [0.1, 0.15) is 40.8 Å². The number of carbonyl (C=O) groups is 4. The molecular formula is C31H33N5O7. The Morgan fingerprint density at radius 3 is 2.28 bits per heavy atom. The third-order valence-corrected chi connectivity index (χ3v) is 7.14. The molecule has 1 fully saturated rings. The maximum absolute atomic E-state index is 13.7. The molecule has 0 spiro atoms. The summed E-state index contributed by atoms with van der Waals surface area (Å²) in [6.07, 6.45) is 0.0271. The van der Waals surface area contributed by atoms with E-state index in [-0.39, 0.29) is 12.4 Å². The van der Waals surface area contributed by atoms with Crippen LogP contribution in [0.5, 0.6) is 11.5 Å². The van der Waals surface area contributed by atoms with Crippen molar-refractivity contribution in [2.75, 3.05) is 27.3 Å². The summed E-state index contributed by atoms with van der Waals surface area (Å²) in [6.45, 7) is -0.399. The van der Waals surface area contributed by atoms with Gasteiger partial charge in [-0.2, -0.15) is 0 Å². The molecule has 12 nitrogen and oxygen atoms in total. The lowest BCUT2D eigenvalue weighted by atomic mass is 10.0. The van der Waals surface area contributed by atoms with Gasteiger partial charge in [0.25, 0.3) is 5.91 Å². The number of methoxy groups -OCH3 is 2. The number of nitrogen functional groups attached to an aromatic ring is 1. The van der Waals surface area contributed by atoms with Gasteiger partial charge in [-0.3, -0.25) is 24.7 Å². The zero-order valence-electron chi connectivity index (χ0n) is 23.8. The van der Waals surface area contributed by atoms with Gasteiger partial charge in [-0.25, -0.2) is 4.79 Å². The molecule has 0 aliphatic carbocycles. The Morgan fingerprint density at radius 1 is 1.00 bits per heavy atom. The summed E-state index contributed by atoms with van der Waals surface area (Å²) in [5.74, 6) is -1.82. The zero-order valence-corrected chi connectivity index (χ0v) is 23.8. The van der Waals surface area contributed by atoms with Crippen molar-refractivity contribution in [1.82, 2.24) is 15.1 Å². The fraction of sp³-hybridized carbons (Fsp3) is 0.258. The minimum atomic E-state index is -1.16. The van der Waals surface area contributed by atoms with Gasteiger partial charge in [-0.1, -0.05) is 60.7 Å². The SMILES string of the molecule is COc1ccc(C(CC(=O)O)NC(=O)CN2C(=O)C(c3ccc(C(=N)N)cc3)N(CCc3ccccc3)C2=O)cc1OC. The molecule has 4 amide bonds. The topological polar surface area (TPSA) is 175 Å². The van der Waals surface area contributed by atoms with Crippen molar-refractivity contribution < 1.29 is 33.8 Å². The molecule has 0 saturated carbocycles. The standard InChI is InChI=1S/C31H33N5O7/c1-42-24-13-12-22(16-25(24)43-2)23(17-27(38)39)34-26(37)18-36-30(40)28(20-8-10-21(11-9-20)29(32)33)35(31(36)41)15-14-19-6-4-3-5-7-19/h3-13,16,23,28H,14-15,17-18H2,1-2H3,(H3,32,33)(H,34,37)(H,38,39). The first-order valence-electron chi connectivity index (χ1n) is 13.5. The lowest BCUT2D eigenvalue weighted by Crippen LogP contribution is -2.43. The van der Waals surface area contributed by atoms with Crippen LogP contribution < -0.4 is 20.5 Å². The molecule has 1 aliphatic heterocycles. The molecule has 2 unspecified atom stereocenters. The number of hydrogen-bond donors (Lipinski definition) is 4. The Bertz CT molecular complexity index is 1510. The zero-order chi connectivity index (χ0) is 31.1. The molecule has 0 bridgehead atoms. The summed E-state index contributed by atoms with van der Waals surface area (Å²) >= 11 is 0. The third-order valence-electron chi connectivity index (χ3n) is 7.14. The van der Waals surface area contributed by atoms with Crippen molar-refractivity contribution in [1.29, 1.82) is 5.41 Å². The molecular weight excluding hydrogens is 554 g/mol. The highest BCUT2D eigenvalue weighted by Crippen LogP contribution is 2.33. The number of imide groups is 1. The number of nitrogens with one attached hydrogen (secondary N) is 2. The Morgan fingerprint density at radius 2 is 1.67 bits per heavy atom. The Labute approximate surface area is 248 Å². The number of carbonyl (C=O) groups excluding carboxylic acids is 3. The summed E-state index contributed by atoms with van der Waals surface area (Å²) < 4.78 is 10.5. The lowest BCUT2D eigenvalue weighted by Gasteiger charge is -2.22. The number of aliphatic carboxylic acids is 1. The molecule has 0 radical (unpaired) electrons. The molecule has 1 saturated heterocycles. The Kier molecular flexibility index (Phi) is 9.61. The number of carboxylic acid groups (broad SMARTS) is 1. The average Bonchev–Trinajstić information content (AvgIpc) is 3.23. The molecule has 1 aliphatic rings. The van der Waals surface area contributed by atoms with Crippen molar-refractivity contribution >= 4 is 29.7 Å². The number of carboxylic acids is 1. The van der Waals surface area contributed by atoms with Crippen LogP contribution in [0.2, 0.25) is 0 Å². The molecule has 4 rings (SSSR count). The number of rotatable bonds is 13. The number of nitrogens with zero attached hydrogens (tertiary/aromatic N) is 2. The number of hydrogen-bond acceptors (Lipinski definition) is 7. The maximum atomic E-state index is 13.7. The summed E-state index contributed by atoms with van der Waals surface area (Å²) in [7, 11) is 2.90. The van der Waals surface area contributed by atoms with Crippen LogP contribution in [0, 0.1) is 5.41 Å². The minimum absolute atomic E-state index is 0.134. The second kappa shape index (κ2) is 13.5. The van der Waals surface area contributed by atoms with E-state index < -0.39 is 48.9 Å². The van der Waals surface area contributed by atoms with Crippen molar-refractivity contribution in [2.24, 2.45) is 5.73 Å². The molecule has 224 valence electrons. The van der Waals surface area contributed by atoms with E-state index >= 15 is 0 Å². The monoisotopic (exact) mass is 587 g/mol. The quantitative estimate of drug-likeness (QED) is 0.134. The highest BCUT2D eigenvalue weighted by molar-refractivity contribution is 6.07. The van der Waals surface area contributed by atoms with Gasteiger partial charge >= 0.3 is 12.0 Å². The van der Waals surface area contributed by atoms with Crippen molar-refractivity contribution in [3.05, 3.63) is 95.1 Å². The highest BCUT2D eigenvalue weighted by atomic mass is 16.5. The van der Waals surface area contributed by atoms with Crippen molar-refractivity contribution in [3.8, 4) is 11.5 Å². The van der Waals surface area contributed by atoms with Crippen LogP contribution in [-0.4, -0.2) is 71.9 Å². The van der Waals surface area contributed by atoms with E-state index in [9.17, 15) is 24.3 Å². The second-order valence-corrected chi connectivity index (χ2v) is 9.91. The number of benzene rings is 3. The summed E-state index contributed by atoms with van der Waals surface area (Å²) in [5, 5.41) is 19.8. The number of ether oxygens (including phenoxy) is 2. The molecule has 2 atom stereocenters. The van der Waals surface area contributed by atoms with E-state index in [4.69, 9.17) is 20.6 Å². The average molecular weight is 588 g/mol. The second-order valence-electron chi connectivity index (χ2n) is 9.91. The van der Waals surface area contributed by atoms with E-state index in [2.05, 4.69) is 5.32 Å². The van der Waals surface area contributed by atoms with Crippen LogP contribution in [0.4, 0.5) is 4.79 Å². The normalized spacial score (nSPS) is 15.3. The first-order valence-corrected chi connectivity index (χ1v) is 13.5. The van der Waals surface area contributed by atoms with Gasteiger partial charge in [0.2, 0.25) is 5.91 Å². The van der Waals surface area contributed by atoms with E-state index in [1.165, 1.54) is 19.1 Å². The lowest BCUT2D eigenvalue weighted by molar-refractivity contribution is -0.138. The smallest absolute Gasteiger partial charge is 0.328 e. The number of urea groups is 1. The predicted octanol–water partition coefficient (Wildman–Crippen LogP) is 2.87. The fourth-order valence-corrected chi connectivity index (χ4v) is 4.95. The molecule has 1 heterocycles. The Balaban J connectivity index is 1.57. The van der Waals surface area contributed by atoms with Gasteiger partial charge in [0.1, 0.15) is 18.4 Å². The van der Waals surface area contributed by atoms with Gasteiger partial charge in [0.15, 0.2) is 11.5 Å². The summed E-state index contributed by atoms with van der Waals surface area (Å²) in [4.78, 5) is 54.4. The van der Waals surface area contributed by atoms with E-state index in [1.807, 2.05) is 30.3 Å². The number of amidine groups is 1. The molecule has 12 heteroatoms. The fourth-order valence-electron chi connectivity index (χ4n) is 4.95. The van der Waals surface area contributed by atoms with Gasteiger partial charge < -0.3 is 30.5 Å². The summed E-state index contributed by atoms with van der Waals surface area (Å²) in [6, 6.07) is 18.1.